The Bertz CT molecular complexity index is 294. The van der Waals surface area contributed by atoms with Gasteiger partial charge in [0.05, 0.1) is 0 Å². The van der Waals surface area contributed by atoms with Crippen LogP contribution in [0.1, 0.15) is 25.3 Å². The lowest BCUT2D eigenvalue weighted by molar-refractivity contribution is 0.314. The zero-order valence-corrected chi connectivity index (χ0v) is 10.1. The highest BCUT2D eigenvalue weighted by Gasteiger charge is 2.08. The molecule has 0 aliphatic rings. The van der Waals surface area contributed by atoms with E-state index in [4.69, 9.17) is 11.6 Å². The van der Waals surface area contributed by atoms with E-state index >= 15 is 0 Å². The number of rotatable bonds is 5. The highest BCUT2D eigenvalue weighted by Crippen LogP contribution is 2.26. The Morgan fingerprint density at radius 1 is 1.40 bits per heavy atom. The predicted octanol–water partition coefficient (Wildman–Crippen LogP) is 3.28. The number of hydrogen-bond donors (Lipinski definition) is 1. The molecule has 0 amide bonds. The summed E-state index contributed by atoms with van der Waals surface area (Å²) in [6, 6.07) is 5.24. The first kappa shape index (κ1) is 12.3. The van der Waals surface area contributed by atoms with Crippen molar-refractivity contribution in [1.29, 1.82) is 0 Å². The standard InChI is InChI=1S/C12H18ClNO/c1-3-4-8-14(2)9-10-11(13)6-5-7-12(10)15/h5-7,15H,3-4,8-9H2,1-2H3. The lowest BCUT2D eigenvalue weighted by Gasteiger charge is -2.17. The number of phenols is 1. The SMILES string of the molecule is CCCCN(C)Cc1c(O)cccc1Cl. The molecule has 15 heavy (non-hydrogen) atoms. The number of unbranched alkanes of at least 4 members (excludes halogenated alkanes) is 1. The second-order valence-corrected chi connectivity index (χ2v) is 4.24. The minimum atomic E-state index is 0.283. The normalized spacial score (nSPS) is 10.9. The van der Waals surface area contributed by atoms with E-state index < -0.39 is 0 Å². The van der Waals surface area contributed by atoms with Gasteiger partial charge in [-0.15, -0.1) is 0 Å². The van der Waals surface area contributed by atoms with Crippen LogP contribution in [-0.2, 0) is 6.54 Å². The maximum atomic E-state index is 9.65. The van der Waals surface area contributed by atoms with Crippen molar-refractivity contribution in [3.8, 4) is 5.75 Å². The molecule has 0 aromatic heterocycles. The van der Waals surface area contributed by atoms with Crippen LogP contribution in [0, 0.1) is 0 Å². The minimum Gasteiger partial charge on any atom is -0.508 e. The van der Waals surface area contributed by atoms with Crippen LogP contribution in [0.5, 0.6) is 5.75 Å². The molecule has 0 aliphatic carbocycles. The first-order valence-electron chi connectivity index (χ1n) is 5.30. The van der Waals surface area contributed by atoms with Crippen LogP contribution in [0.25, 0.3) is 0 Å². The number of hydrogen-bond acceptors (Lipinski definition) is 2. The summed E-state index contributed by atoms with van der Waals surface area (Å²) in [6.07, 6.45) is 2.35. The van der Waals surface area contributed by atoms with Gasteiger partial charge in [0.15, 0.2) is 0 Å². The number of phenolic OH excluding ortho intramolecular Hbond substituents is 1. The van der Waals surface area contributed by atoms with Gasteiger partial charge in [0.1, 0.15) is 5.75 Å². The van der Waals surface area contributed by atoms with E-state index in [0.717, 1.165) is 12.1 Å². The molecule has 0 bridgehead atoms. The second-order valence-electron chi connectivity index (χ2n) is 3.83. The van der Waals surface area contributed by atoms with E-state index in [9.17, 15) is 5.11 Å². The Labute approximate surface area is 96.5 Å². The van der Waals surface area contributed by atoms with Crippen LogP contribution >= 0.6 is 11.6 Å². The van der Waals surface area contributed by atoms with Crippen molar-refractivity contribution < 1.29 is 5.11 Å². The summed E-state index contributed by atoms with van der Waals surface area (Å²) >= 11 is 6.02. The Morgan fingerprint density at radius 3 is 2.73 bits per heavy atom. The average Bonchev–Trinajstić information content (AvgIpc) is 2.21. The molecule has 0 fully saturated rings. The third kappa shape index (κ3) is 3.73. The molecular formula is C12H18ClNO. The molecule has 0 unspecified atom stereocenters. The van der Waals surface area contributed by atoms with Crippen molar-refractivity contribution in [3.05, 3.63) is 28.8 Å². The molecule has 0 spiro atoms. The van der Waals surface area contributed by atoms with Crippen molar-refractivity contribution >= 4 is 11.6 Å². The smallest absolute Gasteiger partial charge is 0.121 e. The van der Waals surface area contributed by atoms with Crippen LogP contribution < -0.4 is 0 Å². The fraction of sp³-hybridized carbons (Fsp3) is 0.500. The van der Waals surface area contributed by atoms with E-state index in [1.54, 1.807) is 12.1 Å². The van der Waals surface area contributed by atoms with Gasteiger partial charge in [-0.05, 0) is 32.1 Å². The summed E-state index contributed by atoms with van der Waals surface area (Å²) in [5.74, 6) is 0.283. The second kappa shape index (κ2) is 5.99. The number of aromatic hydroxyl groups is 1. The molecule has 1 aromatic carbocycles. The maximum Gasteiger partial charge on any atom is 0.121 e. The zero-order chi connectivity index (χ0) is 11.3. The molecule has 3 heteroatoms. The number of benzene rings is 1. The Balaban J connectivity index is 2.63. The Hall–Kier alpha value is -0.730. The van der Waals surface area contributed by atoms with Gasteiger partial charge in [0.25, 0.3) is 0 Å². The van der Waals surface area contributed by atoms with Crippen molar-refractivity contribution in [3.63, 3.8) is 0 Å². The molecule has 0 atom stereocenters. The molecule has 84 valence electrons. The van der Waals surface area contributed by atoms with Crippen molar-refractivity contribution in [1.82, 2.24) is 4.90 Å². The number of nitrogens with zero attached hydrogens (tertiary/aromatic N) is 1. The van der Waals surface area contributed by atoms with E-state index in [1.807, 2.05) is 13.1 Å². The molecule has 2 nitrogen and oxygen atoms in total. The fourth-order valence-electron chi connectivity index (χ4n) is 1.48. The molecule has 1 aromatic rings. The van der Waals surface area contributed by atoms with Crippen LogP contribution in [0.3, 0.4) is 0 Å². The number of halogens is 1. The molecule has 0 saturated heterocycles. The van der Waals surface area contributed by atoms with Crippen molar-refractivity contribution in [2.24, 2.45) is 0 Å². The molecule has 1 N–H and O–H groups in total. The van der Waals surface area contributed by atoms with Crippen molar-refractivity contribution in [2.45, 2.75) is 26.3 Å². The van der Waals surface area contributed by atoms with Gasteiger partial charge in [-0.2, -0.15) is 0 Å². The third-order valence-electron chi connectivity index (χ3n) is 2.42. The Morgan fingerprint density at radius 2 is 2.13 bits per heavy atom. The highest BCUT2D eigenvalue weighted by atomic mass is 35.5. The molecular weight excluding hydrogens is 210 g/mol. The first-order chi connectivity index (χ1) is 7.15. The van der Waals surface area contributed by atoms with Crippen LogP contribution in [0.4, 0.5) is 0 Å². The maximum absolute atomic E-state index is 9.65. The average molecular weight is 228 g/mol. The first-order valence-corrected chi connectivity index (χ1v) is 5.67. The Kier molecular flexibility index (Phi) is 4.92. The van der Waals surface area contributed by atoms with Gasteiger partial charge in [-0.25, -0.2) is 0 Å². The summed E-state index contributed by atoms with van der Waals surface area (Å²) in [6.45, 7) is 3.90. The monoisotopic (exact) mass is 227 g/mol. The summed E-state index contributed by atoms with van der Waals surface area (Å²) in [4.78, 5) is 2.17. The molecule has 0 radical (unpaired) electrons. The fourth-order valence-corrected chi connectivity index (χ4v) is 1.71. The third-order valence-corrected chi connectivity index (χ3v) is 2.77. The molecule has 0 saturated carbocycles. The van der Waals surface area contributed by atoms with E-state index in [-0.39, 0.29) is 5.75 Å². The lowest BCUT2D eigenvalue weighted by Crippen LogP contribution is -2.19. The molecule has 1 rings (SSSR count). The summed E-state index contributed by atoms with van der Waals surface area (Å²) in [5.41, 5.74) is 0.817. The molecule has 0 aliphatic heterocycles. The summed E-state index contributed by atoms with van der Waals surface area (Å²) < 4.78 is 0. The molecule has 0 heterocycles. The van der Waals surface area contributed by atoms with Crippen LogP contribution in [-0.4, -0.2) is 23.6 Å². The van der Waals surface area contributed by atoms with Gasteiger partial charge >= 0.3 is 0 Å². The predicted molar refractivity (Wildman–Crippen MR) is 64.4 cm³/mol. The summed E-state index contributed by atoms with van der Waals surface area (Å²) in [5, 5.41) is 10.3. The van der Waals surface area contributed by atoms with Crippen LogP contribution in [0.2, 0.25) is 5.02 Å². The van der Waals surface area contributed by atoms with Gasteiger partial charge in [-0.3, -0.25) is 0 Å². The van der Waals surface area contributed by atoms with Crippen LogP contribution in [0.15, 0.2) is 18.2 Å². The van der Waals surface area contributed by atoms with E-state index in [0.29, 0.717) is 11.6 Å². The van der Waals surface area contributed by atoms with Gasteiger partial charge in [0.2, 0.25) is 0 Å². The zero-order valence-electron chi connectivity index (χ0n) is 9.33. The largest absolute Gasteiger partial charge is 0.508 e. The highest BCUT2D eigenvalue weighted by molar-refractivity contribution is 6.31. The quantitative estimate of drug-likeness (QED) is 0.835. The minimum absolute atomic E-state index is 0.283. The lowest BCUT2D eigenvalue weighted by atomic mass is 10.2. The van der Waals surface area contributed by atoms with E-state index in [2.05, 4.69) is 11.8 Å². The van der Waals surface area contributed by atoms with Gasteiger partial charge < -0.3 is 10.0 Å². The van der Waals surface area contributed by atoms with Gasteiger partial charge in [-0.1, -0.05) is 31.0 Å². The summed E-state index contributed by atoms with van der Waals surface area (Å²) in [7, 11) is 2.04. The van der Waals surface area contributed by atoms with E-state index in [1.165, 1.54) is 12.8 Å². The topological polar surface area (TPSA) is 23.5 Å². The van der Waals surface area contributed by atoms with Gasteiger partial charge in [0, 0.05) is 17.1 Å². The van der Waals surface area contributed by atoms with Crippen molar-refractivity contribution in [2.75, 3.05) is 13.6 Å².